The third-order valence-corrected chi connectivity index (χ3v) is 5.57. The van der Waals surface area contributed by atoms with Crippen LogP contribution in [0, 0.1) is 0 Å². The largest absolute Gasteiger partial charge is 0.365 e. The molecule has 2 aliphatic rings. The van der Waals surface area contributed by atoms with Gasteiger partial charge in [0.2, 0.25) is 5.91 Å². The molecule has 1 aliphatic heterocycles. The lowest BCUT2D eigenvalue weighted by Crippen LogP contribution is -2.40. The smallest absolute Gasteiger partial charge is 0.321 e. The van der Waals surface area contributed by atoms with Crippen molar-refractivity contribution >= 4 is 17.6 Å². The first kappa shape index (κ1) is 18.5. The summed E-state index contributed by atoms with van der Waals surface area (Å²) in [6, 6.07) is 2.04. The Morgan fingerprint density at radius 1 is 1.18 bits per heavy atom. The minimum Gasteiger partial charge on any atom is -0.365 e. The van der Waals surface area contributed by atoms with Crippen molar-refractivity contribution < 1.29 is 14.1 Å². The first-order chi connectivity index (χ1) is 13.7. The van der Waals surface area contributed by atoms with Crippen molar-refractivity contribution in [3.63, 3.8) is 0 Å². The minimum atomic E-state index is -0.145. The average molecular weight is 386 g/mol. The molecule has 150 valence electrons. The van der Waals surface area contributed by atoms with E-state index >= 15 is 0 Å². The number of piperidine rings is 1. The molecule has 4 rings (SSSR count). The monoisotopic (exact) mass is 386 g/mol. The fraction of sp³-hybridized carbons (Fsp3) is 0.579. The Morgan fingerprint density at radius 2 is 1.96 bits per heavy atom. The standard InChI is InChI=1S/C19H26N6O3/c26-18(21-15-3-1-2-4-15)13-25-12-16(11-20-25)22-19(27)24-8-5-14(6-9-24)17-7-10-28-23-17/h7,10-12,14-15H,1-6,8-9,13H2,(H,21,26)(H,22,27). The molecule has 2 N–H and O–H groups in total. The van der Waals surface area contributed by atoms with Crippen LogP contribution in [0.25, 0.3) is 0 Å². The Kier molecular flexibility index (Phi) is 5.59. The number of nitrogens with one attached hydrogen (secondary N) is 2. The van der Waals surface area contributed by atoms with Gasteiger partial charge < -0.3 is 20.1 Å². The van der Waals surface area contributed by atoms with E-state index in [1.165, 1.54) is 12.8 Å². The Hall–Kier alpha value is -2.84. The predicted molar refractivity (Wildman–Crippen MR) is 102 cm³/mol. The number of amides is 3. The Morgan fingerprint density at radius 3 is 2.68 bits per heavy atom. The summed E-state index contributed by atoms with van der Waals surface area (Å²) in [5.41, 5.74) is 1.55. The number of carbonyl (C=O) groups is 2. The normalized spacial score (nSPS) is 18.4. The third-order valence-electron chi connectivity index (χ3n) is 5.57. The molecule has 0 bridgehead atoms. The number of rotatable bonds is 5. The molecule has 0 unspecified atom stereocenters. The first-order valence-corrected chi connectivity index (χ1v) is 9.95. The molecule has 0 spiro atoms. The number of anilines is 1. The van der Waals surface area contributed by atoms with Crippen molar-refractivity contribution in [2.45, 2.75) is 57.0 Å². The number of hydrogen-bond donors (Lipinski definition) is 2. The lowest BCUT2D eigenvalue weighted by atomic mass is 9.94. The summed E-state index contributed by atoms with van der Waals surface area (Å²) in [5.74, 6) is 0.298. The van der Waals surface area contributed by atoms with Gasteiger partial charge in [0.15, 0.2) is 0 Å². The van der Waals surface area contributed by atoms with Crippen LogP contribution in [0.2, 0.25) is 0 Å². The SMILES string of the molecule is O=C(Cn1cc(NC(=O)N2CCC(c3ccon3)CC2)cn1)NC1CCCC1. The molecule has 0 aromatic carbocycles. The minimum absolute atomic E-state index is 0.0391. The number of nitrogens with zero attached hydrogens (tertiary/aromatic N) is 4. The third kappa shape index (κ3) is 4.52. The van der Waals surface area contributed by atoms with Crippen LogP contribution < -0.4 is 10.6 Å². The highest BCUT2D eigenvalue weighted by molar-refractivity contribution is 5.89. The van der Waals surface area contributed by atoms with Gasteiger partial charge in [0.05, 0.1) is 17.6 Å². The van der Waals surface area contributed by atoms with E-state index in [0.717, 1.165) is 31.4 Å². The van der Waals surface area contributed by atoms with E-state index in [0.29, 0.717) is 30.7 Å². The molecule has 0 atom stereocenters. The summed E-state index contributed by atoms with van der Waals surface area (Å²) in [5, 5.41) is 14.1. The van der Waals surface area contributed by atoms with Crippen LogP contribution >= 0.6 is 0 Å². The van der Waals surface area contributed by atoms with Crippen molar-refractivity contribution in [3.05, 3.63) is 30.4 Å². The van der Waals surface area contributed by atoms with Crippen molar-refractivity contribution in [2.24, 2.45) is 0 Å². The van der Waals surface area contributed by atoms with Gasteiger partial charge in [0.25, 0.3) is 0 Å². The van der Waals surface area contributed by atoms with Crippen LogP contribution in [-0.4, -0.2) is 50.9 Å². The number of aromatic nitrogens is 3. The van der Waals surface area contributed by atoms with E-state index in [2.05, 4.69) is 20.9 Å². The fourth-order valence-corrected chi connectivity index (χ4v) is 4.02. The topological polar surface area (TPSA) is 105 Å². The van der Waals surface area contributed by atoms with E-state index in [1.54, 1.807) is 28.2 Å². The van der Waals surface area contributed by atoms with Gasteiger partial charge in [-0.05, 0) is 25.7 Å². The molecule has 9 heteroatoms. The summed E-state index contributed by atoms with van der Waals surface area (Å²) in [6.45, 7) is 1.50. The van der Waals surface area contributed by atoms with Crippen LogP contribution in [0.3, 0.4) is 0 Å². The van der Waals surface area contributed by atoms with E-state index in [9.17, 15) is 9.59 Å². The lowest BCUT2D eigenvalue weighted by molar-refractivity contribution is -0.122. The second-order valence-electron chi connectivity index (χ2n) is 7.59. The second kappa shape index (κ2) is 8.45. The molecule has 1 saturated heterocycles. The van der Waals surface area contributed by atoms with E-state index in [4.69, 9.17) is 4.52 Å². The molecular formula is C19H26N6O3. The fourth-order valence-electron chi connectivity index (χ4n) is 4.02. The maximum Gasteiger partial charge on any atom is 0.321 e. The van der Waals surface area contributed by atoms with E-state index in [1.807, 2.05) is 6.07 Å². The van der Waals surface area contributed by atoms with E-state index < -0.39 is 0 Å². The van der Waals surface area contributed by atoms with Gasteiger partial charge in [0.1, 0.15) is 12.8 Å². The van der Waals surface area contributed by atoms with Gasteiger partial charge in [0, 0.05) is 37.3 Å². The molecule has 28 heavy (non-hydrogen) atoms. The van der Waals surface area contributed by atoms with Crippen molar-refractivity contribution in [1.29, 1.82) is 0 Å². The zero-order chi connectivity index (χ0) is 19.3. The van der Waals surface area contributed by atoms with Crippen LogP contribution in [-0.2, 0) is 11.3 Å². The summed E-state index contributed by atoms with van der Waals surface area (Å²) in [7, 11) is 0. The molecule has 1 aliphatic carbocycles. The van der Waals surface area contributed by atoms with Crippen LogP contribution in [0.5, 0.6) is 0 Å². The van der Waals surface area contributed by atoms with Gasteiger partial charge in [-0.1, -0.05) is 18.0 Å². The van der Waals surface area contributed by atoms with E-state index in [-0.39, 0.29) is 18.5 Å². The number of carbonyl (C=O) groups excluding carboxylic acids is 2. The molecule has 3 heterocycles. The van der Waals surface area contributed by atoms with Gasteiger partial charge >= 0.3 is 6.03 Å². The quantitative estimate of drug-likeness (QED) is 0.821. The Bertz CT molecular complexity index is 788. The molecule has 2 aromatic rings. The molecule has 1 saturated carbocycles. The van der Waals surface area contributed by atoms with Crippen LogP contribution in [0.15, 0.2) is 29.2 Å². The highest BCUT2D eigenvalue weighted by atomic mass is 16.5. The molecule has 0 radical (unpaired) electrons. The molecule has 9 nitrogen and oxygen atoms in total. The Labute approximate surface area is 163 Å². The van der Waals surface area contributed by atoms with Gasteiger partial charge in [-0.25, -0.2) is 4.79 Å². The van der Waals surface area contributed by atoms with Gasteiger partial charge in [-0.3, -0.25) is 9.48 Å². The van der Waals surface area contributed by atoms with Crippen molar-refractivity contribution in [1.82, 2.24) is 25.2 Å². The Balaban J connectivity index is 1.23. The highest BCUT2D eigenvalue weighted by Gasteiger charge is 2.25. The zero-order valence-corrected chi connectivity index (χ0v) is 15.8. The molecule has 2 fully saturated rings. The summed E-state index contributed by atoms with van der Waals surface area (Å²) >= 11 is 0. The average Bonchev–Trinajstić information content (AvgIpc) is 3.45. The molecule has 2 aromatic heterocycles. The number of hydrogen-bond acceptors (Lipinski definition) is 5. The number of likely N-dealkylation sites (tertiary alicyclic amines) is 1. The maximum atomic E-state index is 12.5. The zero-order valence-electron chi connectivity index (χ0n) is 15.8. The second-order valence-corrected chi connectivity index (χ2v) is 7.59. The van der Waals surface area contributed by atoms with Crippen molar-refractivity contribution in [3.8, 4) is 0 Å². The summed E-state index contributed by atoms with van der Waals surface area (Å²) in [6.07, 6.45) is 11.0. The van der Waals surface area contributed by atoms with Gasteiger partial charge in [-0.15, -0.1) is 0 Å². The maximum absolute atomic E-state index is 12.5. The highest BCUT2D eigenvalue weighted by Crippen LogP contribution is 2.27. The summed E-state index contributed by atoms with van der Waals surface area (Å²) < 4.78 is 6.46. The summed E-state index contributed by atoms with van der Waals surface area (Å²) in [4.78, 5) is 26.4. The molecular weight excluding hydrogens is 360 g/mol. The van der Waals surface area contributed by atoms with Crippen LogP contribution in [0.4, 0.5) is 10.5 Å². The lowest BCUT2D eigenvalue weighted by Gasteiger charge is -2.30. The first-order valence-electron chi connectivity index (χ1n) is 9.95. The number of urea groups is 1. The molecule has 3 amide bonds. The predicted octanol–water partition coefficient (Wildman–Crippen LogP) is 2.34. The van der Waals surface area contributed by atoms with Crippen LogP contribution in [0.1, 0.15) is 50.1 Å². The van der Waals surface area contributed by atoms with Gasteiger partial charge in [-0.2, -0.15) is 5.10 Å². The van der Waals surface area contributed by atoms with Crippen molar-refractivity contribution in [2.75, 3.05) is 18.4 Å².